The largest absolute Gasteiger partial charge is 0.493 e. The molecule has 1 amide bonds. The summed E-state index contributed by atoms with van der Waals surface area (Å²) >= 11 is 6.82. The van der Waals surface area contributed by atoms with Crippen molar-refractivity contribution in [3.8, 4) is 11.5 Å². The van der Waals surface area contributed by atoms with Crippen molar-refractivity contribution in [3.63, 3.8) is 0 Å². The fraction of sp³-hybridized carbons (Fsp3) is 0.300. The average Bonchev–Trinajstić information content (AvgIpc) is 2.65. The molecule has 0 spiro atoms. The second kappa shape index (κ2) is 11.1. The van der Waals surface area contributed by atoms with Crippen molar-refractivity contribution in [3.05, 3.63) is 56.5 Å². The lowest BCUT2D eigenvalue weighted by Gasteiger charge is -2.10. The first-order valence-corrected chi connectivity index (χ1v) is 10.3. The Balaban J connectivity index is 2.12. The van der Waals surface area contributed by atoms with Gasteiger partial charge in [-0.1, -0.05) is 45.2 Å². The molecule has 2 aromatic rings. The molecule has 0 saturated carbocycles. The Kier molecular flexibility index (Phi) is 8.81. The normalized spacial score (nSPS) is 10.8. The Morgan fingerprint density at radius 3 is 2.48 bits per heavy atom. The first kappa shape index (κ1) is 21.4. The molecule has 0 unspecified atom stereocenters. The van der Waals surface area contributed by atoms with Gasteiger partial charge in [-0.2, -0.15) is 5.10 Å². The quantitative estimate of drug-likeness (QED) is 0.280. The van der Waals surface area contributed by atoms with Gasteiger partial charge in [-0.3, -0.25) is 4.79 Å². The van der Waals surface area contributed by atoms with E-state index >= 15 is 0 Å². The number of hydrogen-bond acceptors (Lipinski definition) is 4. The van der Waals surface area contributed by atoms with Crippen molar-refractivity contribution >= 4 is 44.0 Å². The van der Waals surface area contributed by atoms with Crippen molar-refractivity contribution in [1.29, 1.82) is 0 Å². The Bertz CT molecular complexity index is 810. The molecule has 27 heavy (non-hydrogen) atoms. The SMILES string of the molecule is CCCCOc1ccc(Br)cc1/C=N/NC(=O)c1cc(Br)ccc1OCC. The van der Waals surface area contributed by atoms with Crippen LogP contribution in [0.5, 0.6) is 11.5 Å². The molecule has 7 heteroatoms. The van der Waals surface area contributed by atoms with E-state index in [4.69, 9.17) is 9.47 Å². The van der Waals surface area contributed by atoms with Gasteiger partial charge in [0.05, 0.1) is 25.0 Å². The summed E-state index contributed by atoms with van der Waals surface area (Å²) in [6.45, 7) is 5.10. The second-order valence-electron chi connectivity index (χ2n) is 5.66. The maximum atomic E-state index is 12.5. The number of ether oxygens (including phenoxy) is 2. The molecule has 5 nitrogen and oxygen atoms in total. The fourth-order valence-electron chi connectivity index (χ4n) is 2.26. The van der Waals surface area contributed by atoms with E-state index in [1.807, 2.05) is 31.2 Å². The highest BCUT2D eigenvalue weighted by atomic mass is 79.9. The third-order valence-corrected chi connectivity index (χ3v) is 4.57. The standard InChI is InChI=1S/C20H22Br2N2O3/c1-3-5-10-27-18-8-6-15(21)11-14(18)13-23-24-20(25)17-12-16(22)7-9-19(17)26-4-2/h6-9,11-13H,3-5,10H2,1-2H3,(H,24,25)/b23-13+. The van der Waals surface area contributed by atoms with Crippen molar-refractivity contribution in [2.75, 3.05) is 13.2 Å². The maximum Gasteiger partial charge on any atom is 0.275 e. The summed E-state index contributed by atoms with van der Waals surface area (Å²) in [4.78, 5) is 12.5. The van der Waals surface area contributed by atoms with Gasteiger partial charge in [0, 0.05) is 14.5 Å². The Hall–Kier alpha value is -1.86. The van der Waals surface area contributed by atoms with Crippen LogP contribution < -0.4 is 14.9 Å². The van der Waals surface area contributed by atoms with Gasteiger partial charge in [-0.15, -0.1) is 0 Å². The molecule has 0 atom stereocenters. The first-order valence-electron chi connectivity index (χ1n) is 8.73. The van der Waals surface area contributed by atoms with Gasteiger partial charge in [0.1, 0.15) is 11.5 Å². The van der Waals surface area contributed by atoms with Crippen molar-refractivity contribution in [2.45, 2.75) is 26.7 Å². The van der Waals surface area contributed by atoms with Gasteiger partial charge in [0.25, 0.3) is 5.91 Å². The third kappa shape index (κ3) is 6.66. The third-order valence-electron chi connectivity index (χ3n) is 3.58. The highest BCUT2D eigenvalue weighted by Gasteiger charge is 2.12. The molecule has 0 saturated heterocycles. The van der Waals surface area contributed by atoms with Crippen LogP contribution in [0.15, 0.2) is 50.4 Å². The van der Waals surface area contributed by atoms with E-state index < -0.39 is 0 Å². The summed E-state index contributed by atoms with van der Waals surface area (Å²) in [5, 5.41) is 4.08. The summed E-state index contributed by atoms with van der Waals surface area (Å²) < 4.78 is 13.0. The highest BCUT2D eigenvalue weighted by Crippen LogP contribution is 2.24. The molecule has 0 heterocycles. The number of hydrazone groups is 1. The minimum Gasteiger partial charge on any atom is -0.493 e. The summed E-state index contributed by atoms with van der Waals surface area (Å²) in [7, 11) is 0. The predicted octanol–water partition coefficient (Wildman–Crippen LogP) is 5.55. The van der Waals surface area contributed by atoms with Crippen LogP contribution in [0.2, 0.25) is 0 Å². The zero-order valence-corrected chi connectivity index (χ0v) is 18.5. The van der Waals surface area contributed by atoms with E-state index in [1.165, 1.54) is 0 Å². The zero-order chi connectivity index (χ0) is 19.6. The summed E-state index contributed by atoms with van der Waals surface area (Å²) in [5.41, 5.74) is 3.74. The van der Waals surface area contributed by atoms with Crippen LogP contribution in [-0.4, -0.2) is 25.3 Å². The van der Waals surface area contributed by atoms with Crippen LogP contribution >= 0.6 is 31.9 Å². The molecular formula is C20H22Br2N2O3. The molecule has 0 bridgehead atoms. The molecule has 0 aliphatic heterocycles. The lowest BCUT2D eigenvalue weighted by molar-refractivity contribution is 0.0951. The number of halogens is 2. The van der Waals surface area contributed by atoms with E-state index in [0.717, 1.165) is 33.1 Å². The number of nitrogens with one attached hydrogen (secondary N) is 1. The zero-order valence-electron chi connectivity index (χ0n) is 15.3. The number of hydrogen-bond donors (Lipinski definition) is 1. The van der Waals surface area contributed by atoms with Crippen LogP contribution in [0.4, 0.5) is 0 Å². The molecule has 0 aliphatic carbocycles. The van der Waals surface area contributed by atoms with E-state index in [-0.39, 0.29) is 5.91 Å². The van der Waals surface area contributed by atoms with Gasteiger partial charge in [-0.25, -0.2) is 5.43 Å². The smallest absolute Gasteiger partial charge is 0.275 e. The summed E-state index contributed by atoms with van der Waals surface area (Å²) in [5.74, 6) is 0.890. The van der Waals surface area contributed by atoms with Crippen LogP contribution in [-0.2, 0) is 0 Å². The molecule has 2 rings (SSSR count). The molecule has 0 aromatic heterocycles. The number of amides is 1. The monoisotopic (exact) mass is 496 g/mol. The first-order chi connectivity index (χ1) is 13.0. The van der Waals surface area contributed by atoms with Crippen molar-refractivity contribution < 1.29 is 14.3 Å². The topological polar surface area (TPSA) is 59.9 Å². The molecule has 2 aromatic carbocycles. The molecule has 0 radical (unpaired) electrons. The molecule has 0 aliphatic rings. The minimum atomic E-state index is -0.348. The van der Waals surface area contributed by atoms with Crippen LogP contribution in [0.3, 0.4) is 0 Å². The number of rotatable bonds is 9. The molecule has 1 N–H and O–H groups in total. The fourth-order valence-corrected chi connectivity index (χ4v) is 3.00. The van der Waals surface area contributed by atoms with E-state index in [2.05, 4.69) is 49.3 Å². The van der Waals surface area contributed by atoms with Crippen LogP contribution in [0, 0.1) is 0 Å². The number of benzene rings is 2. The van der Waals surface area contributed by atoms with E-state index in [1.54, 1.807) is 18.3 Å². The molecule has 144 valence electrons. The number of carbonyl (C=O) groups is 1. The van der Waals surface area contributed by atoms with E-state index in [9.17, 15) is 4.79 Å². The Morgan fingerprint density at radius 1 is 1.07 bits per heavy atom. The van der Waals surface area contributed by atoms with Crippen molar-refractivity contribution in [1.82, 2.24) is 5.43 Å². The van der Waals surface area contributed by atoms with Crippen molar-refractivity contribution in [2.24, 2.45) is 5.10 Å². The lowest BCUT2D eigenvalue weighted by Crippen LogP contribution is -2.19. The maximum absolute atomic E-state index is 12.5. The Morgan fingerprint density at radius 2 is 1.78 bits per heavy atom. The van der Waals surface area contributed by atoms with Gasteiger partial charge < -0.3 is 9.47 Å². The van der Waals surface area contributed by atoms with Gasteiger partial charge in [0.2, 0.25) is 0 Å². The number of carbonyl (C=O) groups excluding carboxylic acids is 1. The van der Waals surface area contributed by atoms with E-state index in [0.29, 0.717) is 24.5 Å². The van der Waals surface area contributed by atoms with Gasteiger partial charge in [0.15, 0.2) is 0 Å². The average molecular weight is 498 g/mol. The van der Waals surface area contributed by atoms with Gasteiger partial charge >= 0.3 is 0 Å². The molecule has 0 fully saturated rings. The Labute approximate surface area is 176 Å². The van der Waals surface area contributed by atoms with Gasteiger partial charge in [-0.05, 0) is 49.7 Å². The van der Waals surface area contributed by atoms with Crippen LogP contribution in [0.1, 0.15) is 42.6 Å². The minimum absolute atomic E-state index is 0.348. The predicted molar refractivity (Wildman–Crippen MR) is 115 cm³/mol. The highest BCUT2D eigenvalue weighted by molar-refractivity contribution is 9.10. The summed E-state index contributed by atoms with van der Waals surface area (Å²) in [6, 6.07) is 11.0. The number of unbranched alkanes of at least 4 members (excludes halogenated alkanes) is 1. The molecular weight excluding hydrogens is 476 g/mol. The second-order valence-corrected chi connectivity index (χ2v) is 7.49. The van der Waals surface area contributed by atoms with Crippen LogP contribution in [0.25, 0.3) is 0 Å². The lowest BCUT2D eigenvalue weighted by atomic mass is 10.2. The summed E-state index contributed by atoms with van der Waals surface area (Å²) in [6.07, 6.45) is 3.61. The number of nitrogens with zero attached hydrogens (tertiary/aromatic N) is 1.